The molecule has 1 aliphatic rings. The zero-order valence-corrected chi connectivity index (χ0v) is 17.5. The molecule has 2 heterocycles. The van der Waals surface area contributed by atoms with Gasteiger partial charge in [-0.25, -0.2) is 8.78 Å². The molecule has 0 radical (unpaired) electrons. The second kappa shape index (κ2) is 8.11. The number of fused-ring (bicyclic) bond motifs is 1. The molecule has 6 nitrogen and oxygen atoms in total. The molecule has 0 N–H and O–H groups in total. The summed E-state index contributed by atoms with van der Waals surface area (Å²) in [6.45, 7) is 3.88. The third-order valence-corrected chi connectivity index (χ3v) is 5.48. The van der Waals surface area contributed by atoms with E-state index in [0.29, 0.717) is 24.6 Å². The van der Waals surface area contributed by atoms with E-state index in [9.17, 15) is 18.4 Å². The lowest BCUT2D eigenvalue weighted by Crippen LogP contribution is -2.23. The third-order valence-electron chi connectivity index (χ3n) is 5.16. The van der Waals surface area contributed by atoms with Crippen molar-refractivity contribution >= 4 is 17.5 Å². The van der Waals surface area contributed by atoms with Crippen LogP contribution in [0.1, 0.15) is 29.4 Å². The van der Waals surface area contributed by atoms with Crippen LogP contribution in [0.25, 0.3) is 5.69 Å². The molecule has 0 saturated heterocycles. The minimum Gasteiger partial charge on any atom is -0.471 e. The summed E-state index contributed by atoms with van der Waals surface area (Å²) < 4.78 is 33.7. The van der Waals surface area contributed by atoms with Crippen molar-refractivity contribution in [2.45, 2.75) is 33.5 Å². The molecule has 1 aliphatic heterocycles. The van der Waals surface area contributed by atoms with E-state index in [1.807, 2.05) is 12.1 Å². The summed E-state index contributed by atoms with van der Waals surface area (Å²) in [6, 6.07) is 8.58. The van der Waals surface area contributed by atoms with Gasteiger partial charge in [0.25, 0.3) is 5.56 Å². The zero-order valence-electron chi connectivity index (χ0n) is 16.8. The van der Waals surface area contributed by atoms with Crippen molar-refractivity contribution in [2.24, 2.45) is 0 Å². The molecular formula is C22H18ClF2N3O3. The largest absolute Gasteiger partial charge is 0.471 e. The molecule has 0 saturated carbocycles. The number of carbonyl (C=O) groups excluding carboxylic acids is 1. The van der Waals surface area contributed by atoms with Crippen molar-refractivity contribution in [1.29, 1.82) is 0 Å². The van der Waals surface area contributed by atoms with Gasteiger partial charge in [-0.15, -0.1) is 0 Å². The smallest absolute Gasteiger partial charge is 0.280 e. The molecule has 0 bridgehead atoms. The Morgan fingerprint density at radius 1 is 1.16 bits per heavy atom. The first-order valence-electron chi connectivity index (χ1n) is 9.48. The molecule has 3 aromatic rings. The molecule has 0 spiro atoms. The number of hydrogen-bond acceptors (Lipinski definition) is 4. The predicted octanol–water partition coefficient (Wildman–Crippen LogP) is 3.91. The Labute approximate surface area is 181 Å². The highest BCUT2D eigenvalue weighted by atomic mass is 35.5. The Hall–Kier alpha value is -3.26. The maximum absolute atomic E-state index is 13.8. The number of rotatable bonds is 4. The lowest BCUT2D eigenvalue weighted by atomic mass is 10.1. The number of carbonyl (C=O) groups is 1. The lowest BCUT2D eigenvalue weighted by molar-refractivity contribution is -0.129. The standard InChI is InChI=1S/C22H18ClF2N3O3/c1-12-26-21(31-11-15-3-5-17(24)8-19(15)25)20(23)22(30)28(12)18-6-4-14-9-27(13(2)29)10-16(14)7-18/h3-8H,9-11H2,1-2H3. The fraction of sp³-hybridized carbons (Fsp3) is 0.227. The van der Waals surface area contributed by atoms with E-state index in [-0.39, 0.29) is 29.0 Å². The summed E-state index contributed by atoms with van der Waals surface area (Å²) in [5.41, 5.74) is 2.10. The van der Waals surface area contributed by atoms with Crippen molar-refractivity contribution in [1.82, 2.24) is 14.5 Å². The number of amides is 1. The van der Waals surface area contributed by atoms with Crippen LogP contribution < -0.4 is 10.3 Å². The van der Waals surface area contributed by atoms with Gasteiger partial charge in [-0.2, -0.15) is 4.98 Å². The van der Waals surface area contributed by atoms with Crippen LogP contribution in [0.3, 0.4) is 0 Å². The Balaban J connectivity index is 1.63. The number of benzene rings is 2. The molecule has 0 fully saturated rings. The zero-order chi connectivity index (χ0) is 22.3. The molecule has 31 heavy (non-hydrogen) atoms. The number of ether oxygens (including phenoxy) is 1. The van der Waals surface area contributed by atoms with Crippen LogP contribution in [0.4, 0.5) is 8.78 Å². The van der Waals surface area contributed by atoms with Gasteiger partial charge in [-0.05, 0) is 42.3 Å². The van der Waals surface area contributed by atoms with E-state index in [4.69, 9.17) is 16.3 Å². The van der Waals surface area contributed by atoms with Crippen molar-refractivity contribution in [3.63, 3.8) is 0 Å². The first kappa shape index (κ1) is 21.0. The lowest BCUT2D eigenvalue weighted by Gasteiger charge is -2.14. The van der Waals surface area contributed by atoms with Crippen LogP contribution in [0, 0.1) is 18.6 Å². The van der Waals surface area contributed by atoms with Gasteiger partial charge >= 0.3 is 0 Å². The van der Waals surface area contributed by atoms with Gasteiger partial charge in [0, 0.05) is 31.6 Å². The fourth-order valence-electron chi connectivity index (χ4n) is 3.51. The third kappa shape index (κ3) is 4.03. The first-order chi connectivity index (χ1) is 14.7. The van der Waals surface area contributed by atoms with Gasteiger partial charge in [0.05, 0.1) is 5.69 Å². The van der Waals surface area contributed by atoms with Gasteiger partial charge in [0.1, 0.15) is 24.1 Å². The Morgan fingerprint density at radius 2 is 1.90 bits per heavy atom. The average Bonchev–Trinajstić information content (AvgIpc) is 3.15. The second-order valence-electron chi connectivity index (χ2n) is 7.27. The molecule has 1 aromatic heterocycles. The highest BCUT2D eigenvalue weighted by molar-refractivity contribution is 6.31. The van der Waals surface area contributed by atoms with E-state index in [2.05, 4.69) is 4.98 Å². The van der Waals surface area contributed by atoms with E-state index < -0.39 is 17.2 Å². The second-order valence-corrected chi connectivity index (χ2v) is 7.65. The molecule has 160 valence electrons. The normalized spacial score (nSPS) is 12.7. The molecule has 1 amide bonds. The number of hydrogen-bond donors (Lipinski definition) is 0. The molecule has 4 rings (SSSR count). The number of aryl methyl sites for hydroxylation is 1. The van der Waals surface area contributed by atoms with Crippen LogP contribution in [-0.2, 0) is 24.5 Å². The summed E-state index contributed by atoms with van der Waals surface area (Å²) in [6.07, 6.45) is 0. The quantitative estimate of drug-likeness (QED) is 0.610. The monoisotopic (exact) mass is 445 g/mol. The molecule has 0 aliphatic carbocycles. The van der Waals surface area contributed by atoms with Gasteiger partial charge in [-0.1, -0.05) is 17.7 Å². The van der Waals surface area contributed by atoms with Crippen LogP contribution in [0.2, 0.25) is 5.02 Å². The van der Waals surface area contributed by atoms with Gasteiger partial charge < -0.3 is 9.64 Å². The van der Waals surface area contributed by atoms with Crippen LogP contribution in [0.5, 0.6) is 5.88 Å². The van der Waals surface area contributed by atoms with Gasteiger partial charge in [0.15, 0.2) is 5.02 Å². The molecule has 9 heteroatoms. The molecule has 2 aromatic carbocycles. The van der Waals surface area contributed by atoms with E-state index in [0.717, 1.165) is 23.3 Å². The Morgan fingerprint density at radius 3 is 2.61 bits per heavy atom. The minimum atomic E-state index is -0.765. The minimum absolute atomic E-state index is 0.0186. The number of nitrogens with zero attached hydrogens (tertiary/aromatic N) is 3. The molecule has 0 unspecified atom stereocenters. The van der Waals surface area contributed by atoms with Gasteiger partial charge in [-0.3, -0.25) is 14.2 Å². The maximum atomic E-state index is 13.8. The first-order valence-corrected chi connectivity index (χ1v) is 9.86. The van der Waals surface area contributed by atoms with Crippen molar-refractivity contribution in [2.75, 3.05) is 0 Å². The van der Waals surface area contributed by atoms with E-state index >= 15 is 0 Å². The Bertz CT molecular complexity index is 1260. The SMILES string of the molecule is CC(=O)N1Cc2ccc(-n3c(C)nc(OCc4ccc(F)cc4F)c(Cl)c3=O)cc2C1. The average molecular weight is 446 g/mol. The van der Waals surface area contributed by atoms with Crippen LogP contribution >= 0.6 is 11.6 Å². The highest BCUT2D eigenvalue weighted by Gasteiger charge is 2.22. The topological polar surface area (TPSA) is 64.4 Å². The maximum Gasteiger partial charge on any atom is 0.280 e. The summed E-state index contributed by atoms with van der Waals surface area (Å²) in [7, 11) is 0. The summed E-state index contributed by atoms with van der Waals surface area (Å²) in [5, 5.41) is -0.251. The number of aromatic nitrogens is 2. The van der Waals surface area contributed by atoms with Crippen molar-refractivity contribution in [3.05, 3.63) is 85.9 Å². The Kier molecular flexibility index (Phi) is 5.49. The van der Waals surface area contributed by atoms with Crippen molar-refractivity contribution in [3.8, 4) is 11.6 Å². The number of halogens is 3. The predicted molar refractivity (Wildman–Crippen MR) is 110 cm³/mol. The van der Waals surface area contributed by atoms with E-state index in [1.165, 1.54) is 17.6 Å². The van der Waals surface area contributed by atoms with Crippen molar-refractivity contribution < 1.29 is 18.3 Å². The highest BCUT2D eigenvalue weighted by Crippen LogP contribution is 2.27. The van der Waals surface area contributed by atoms with Crippen LogP contribution in [-0.4, -0.2) is 20.4 Å². The van der Waals surface area contributed by atoms with Gasteiger partial charge in [0.2, 0.25) is 11.8 Å². The summed E-state index contributed by atoms with van der Waals surface area (Å²) >= 11 is 6.21. The molecular weight excluding hydrogens is 428 g/mol. The van der Waals surface area contributed by atoms with Crippen LogP contribution in [0.15, 0.2) is 41.2 Å². The van der Waals surface area contributed by atoms with E-state index in [1.54, 1.807) is 17.9 Å². The fourth-order valence-corrected chi connectivity index (χ4v) is 3.69. The summed E-state index contributed by atoms with van der Waals surface area (Å²) in [5.74, 6) is -1.29. The summed E-state index contributed by atoms with van der Waals surface area (Å²) in [4.78, 5) is 30.5. The molecule has 0 atom stereocenters.